The number of aliphatic carboxylic acids is 1. The molecule has 0 radical (unpaired) electrons. The van der Waals surface area contributed by atoms with Crippen molar-refractivity contribution in [2.45, 2.75) is 20.3 Å². The molecule has 0 bridgehead atoms. The summed E-state index contributed by atoms with van der Waals surface area (Å²) in [6, 6.07) is 5.74. The third kappa shape index (κ3) is 2.02. The Labute approximate surface area is 99.9 Å². The van der Waals surface area contributed by atoms with Crippen molar-refractivity contribution in [1.82, 2.24) is 0 Å². The van der Waals surface area contributed by atoms with Crippen LogP contribution < -0.4 is 4.90 Å². The number of carboxylic acids is 1. The van der Waals surface area contributed by atoms with Crippen molar-refractivity contribution in [3.8, 4) is 0 Å². The Bertz CT molecular complexity index is 482. The molecule has 4 nitrogen and oxygen atoms in total. The van der Waals surface area contributed by atoms with Crippen LogP contribution in [0.1, 0.15) is 17.5 Å². The van der Waals surface area contributed by atoms with Crippen molar-refractivity contribution in [2.75, 3.05) is 11.4 Å². The van der Waals surface area contributed by atoms with E-state index < -0.39 is 11.9 Å². The first-order valence-electron chi connectivity index (χ1n) is 5.62. The molecule has 0 spiro atoms. The van der Waals surface area contributed by atoms with Gasteiger partial charge in [0.2, 0.25) is 5.91 Å². The van der Waals surface area contributed by atoms with E-state index in [1.54, 1.807) is 4.90 Å². The van der Waals surface area contributed by atoms with Crippen molar-refractivity contribution < 1.29 is 14.7 Å². The molecule has 90 valence electrons. The van der Waals surface area contributed by atoms with Gasteiger partial charge in [-0.3, -0.25) is 9.59 Å². The number of hydrogen-bond acceptors (Lipinski definition) is 2. The van der Waals surface area contributed by atoms with E-state index in [2.05, 4.69) is 0 Å². The van der Waals surface area contributed by atoms with Crippen LogP contribution in [0.3, 0.4) is 0 Å². The normalized spacial score (nSPS) is 19.8. The summed E-state index contributed by atoms with van der Waals surface area (Å²) < 4.78 is 0. The minimum Gasteiger partial charge on any atom is -0.481 e. The molecular formula is C13H15NO3. The summed E-state index contributed by atoms with van der Waals surface area (Å²) in [4.78, 5) is 24.3. The Morgan fingerprint density at radius 2 is 2.06 bits per heavy atom. The molecule has 1 aliphatic rings. The molecule has 1 fully saturated rings. The minimum absolute atomic E-state index is 0.305. The topological polar surface area (TPSA) is 57.6 Å². The third-order valence-corrected chi connectivity index (χ3v) is 3.31. The molecule has 4 heteroatoms. The van der Waals surface area contributed by atoms with Gasteiger partial charge in [0.25, 0.3) is 0 Å². The maximum absolute atomic E-state index is 11.9. The summed E-state index contributed by atoms with van der Waals surface area (Å²) in [5.41, 5.74) is 3.06. The standard InChI is InChI=1S/C13H15NO3/c1-8-3-4-10(7-9(8)2)14-6-5-11(12(14)15)13(16)17/h3-4,7,11H,5-6H2,1-2H3,(H,16,17). The van der Waals surface area contributed by atoms with Gasteiger partial charge in [-0.1, -0.05) is 6.07 Å². The van der Waals surface area contributed by atoms with Crippen LogP contribution in [-0.2, 0) is 9.59 Å². The number of amides is 1. The van der Waals surface area contributed by atoms with Gasteiger partial charge in [-0.25, -0.2) is 0 Å². The summed E-state index contributed by atoms with van der Waals surface area (Å²) in [5.74, 6) is -2.21. The zero-order valence-electron chi connectivity index (χ0n) is 9.93. The fraction of sp³-hybridized carbons (Fsp3) is 0.385. The monoisotopic (exact) mass is 233 g/mol. The number of carbonyl (C=O) groups is 2. The highest BCUT2D eigenvalue weighted by Crippen LogP contribution is 2.26. The van der Waals surface area contributed by atoms with Gasteiger partial charge >= 0.3 is 5.97 Å². The molecule has 1 amide bonds. The van der Waals surface area contributed by atoms with E-state index in [1.165, 1.54) is 0 Å². The summed E-state index contributed by atoms with van der Waals surface area (Å²) in [5, 5.41) is 8.90. The van der Waals surface area contributed by atoms with Crippen molar-refractivity contribution in [3.63, 3.8) is 0 Å². The highest BCUT2D eigenvalue weighted by molar-refractivity contribution is 6.07. The van der Waals surface area contributed by atoms with Gasteiger partial charge in [-0.15, -0.1) is 0 Å². The fourth-order valence-electron chi connectivity index (χ4n) is 2.06. The molecule has 2 rings (SSSR count). The summed E-state index contributed by atoms with van der Waals surface area (Å²) in [6.07, 6.45) is 0.390. The fourth-order valence-corrected chi connectivity index (χ4v) is 2.06. The Hall–Kier alpha value is -1.84. The first kappa shape index (κ1) is 11.6. The van der Waals surface area contributed by atoms with E-state index in [9.17, 15) is 9.59 Å². The molecule has 1 saturated heterocycles. The van der Waals surface area contributed by atoms with Gasteiger partial charge in [0, 0.05) is 12.2 Å². The van der Waals surface area contributed by atoms with Crippen molar-refractivity contribution in [3.05, 3.63) is 29.3 Å². The molecule has 1 aromatic rings. The predicted molar refractivity (Wildman–Crippen MR) is 64.0 cm³/mol. The van der Waals surface area contributed by atoms with Crippen LogP contribution in [0.25, 0.3) is 0 Å². The Kier molecular flexibility index (Phi) is 2.88. The molecule has 1 unspecified atom stereocenters. The Balaban J connectivity index is 2.27. The number of carboxylic acid groups (broad SMARTS) is 1. The quantitative estimate of drug-likeness (QED) is 0.791. The molecule has 0 saturated carbocycles. The van der Waals surface area contributed by atoms with Crippen LogP contribution in [0, 0.1) is 19.8 Å². The lowest BCUT2D eigenvalue weighted by atomic mass is 10.1. The molecule has 17 heavy (non-hydrogen) atoms. The molecule has 0 aromatic heterocycles. The molecular weight excluding hydrogens is 218 g/mol. The zero-order chi connectivity index (χ0) is 12.6. The van der Waals surface area contributed by atoms with E-state index in [0.717, 1.165) is 16.8 Å². The first-order chi connectivity index (χ1) is 8.00. The van der Waals surface area contributed by atoms with E-state index in [0.29, 0.717) is 13.0 Å². The van der Waals surface area contributed by atoms with Crippen LogP contribution in [0.4, 0.5) is 5.69 Å². The van der Waals surface area contributed by atoms with E-state index in [4.69, 9.17) is 5.11 Å². The molecule has 1 atom stereocenters. The number of anilines is 1. The Morgan fingerprint density at radius 3 is 2.59 bits per heavy atom. The van der Waals surface area contributed by atoms with Crippen LogP contribution in [0.15, 0.2) is 18.2 Å². The maximum atomic E-state index is 11.9. The minimum atomic E-state index is -1.03. The van der Waals surface area contributed by atoms with Crippen LogP contribution in [-0.4, -0.2) is 23.5 Å². The van der Waals surface area contributed by atoms with Crippen molar-refractivity contribution in [1.29, 1.82) is 0 Å². The second-order valence-corrected chi connectivity index (χ2v) is 4.44. The smallest absolute Gasteiger partial charge is 0.316 e. The number of hydrogen-bond donors (Lipinski definition) is 1. The Morgan fingerprint density at radius 1 is 1.35 bits per heavy atom. The number of rotatable bonds is 2. The number of nitrogens with zero attached hydrogens (tertiary/aromatic N) is 1. The first-order valence-corrected chi connectivity index (χ1v) is 5.62. The average molecular weight is 233 g/mol. The highest BCUT2D eigenvalue weighted by atomic mass is 16.4. The molecule has 1 heterocycles. The lowest BCUT2D eigenvalue weighted by molar-refractivity contribution is -0.144. The van der Waals surface area contributed by atoms with E-state index >= 15 is 0 Å². The van der Waals surface area contributed by atoms with Gasteiger partial charge in [-0.2, -0.15) is 0 Å². The zero-order valence-corrected chi connectivity index (χ0v) is 9.93. The second kappa shape index (κ2) is 4.20. The van der Waals surface area contributed by atoms with E-state index in [-0.39, 0.29) is 5.91 Å². The molecule has 1 N–H and O–H groups in total. The highest BCUT2D eigenvalue weighted by Gasteiger charge is 2.37. The summed E-state index contributed by atoms with van der Waals surface area (Å²) in [7, 11) is 0. The summed E-state index contributed by atoms with van der Waals surface area (Å²) in [6.45, 7) is 4.47. The van der Waals surface area contributed by atoms with Gasteiger partial charge in [0.1, 0.15) is 5.92 Å². The largest absolute Gasteiger partial charge is 0.481 e. The molecule has 1 aliphatic heterocycles. The predicted octanol–water partition coefficient (Wildman–Crippen LogP) is 1.74. The average Bonchev–Trinajstić information content (AvgIpc) is 2.64. The van der Waals surface area contributed by atoms with Gasteiger partial charge in [-0.05, 0) is 43.5 Å². The van der Waals surface area contributed by atoms with E-state index in [1.807, 2.05) is 32.0 Å². The van der Waals surface area contributed by atoms with Crippen LogP contribution in [0.2, 0.25) is 0 Å². The second-order valence-electron chi connectivity index (χ2n) is 4.44. The van der Waals surface area contributed by atoms with Crippen molar-refractivity contribution >= 4 is 17.6 Å². The lowest BCUT2D eigenvalue weighted by Crippen LogP contribution is -2.30. The molecule has 1 aromatic carbocycles. The number of carbonyl (C=O) groups excluding carboxylic acids is 1. The van der Waals surface area contributed by atoms with Crippen LogP contribution >= 0.6 is 0 Å². The number of aryl methyl sites for hydroxylation is 2. The van der Waals surface area contributed by atoms with Gasteiger partial charge in [0.05, 0.1) is 0 Å². The SMILES string of the molecule is Cc1ccc(N2CCC(C(=O)O)C2=O)cc1C. The van der Waals surface area contributed by atoms with Crippen LogP contribution in [0.5, 0.6) is 0 Å². The van der Waals surface area contributed by atoms with Gasteiger partial charge < -0.3 is 10.0 Å². The number of benzene rings is 1. The molecule has 0 aliphatic carbocycles. The van der Waals surface area contributed by atoms with Gasteiger partial charge in [0.15, 0.2) is 0 Å². The summed E-state index contributed by atoms with van der Waals surface area (Å²) >= 11 is 0. The van der Waals surface area contributed by atoms with Crippen molar-refractivity contribution in [2.24, 2.45) is 5.92 Å². The lowest BCUT2D eigenvalue weighted by Gasteiger charge is -2.17. The maximum Gasteiger partial charge on any atom is 0.316 e. The third-order valence-electron chi connectivity index (χ3n) is 3.31.